The second-order valence-electron chi connectivity index (χ2n) is 6.19. The van der Waals surface area contributed by atoms with Crippen LogP contribution in [0.2, 0.25) is 0 Å². The average Bonchev–Trinajstić information content (AvgIpc) is 3.30. The van der Waals surface area contributed by atoms with E-state index in [1.807, 2.05) is 31.3 Å². The first kappa shape index (κ1) is 17.0. The summed E-state index contributed by atoms with van der Waals surface area (Å²) in [5, 5.41) is 5.12. The molecular weight excluding hydrogens is 320 g/mol. The molecule has 1 saturated heterocycles. The predicted octanol–water partition coefficient (Wildman–Crippen LogP) is 2.30. The van der Waals surface area contributed by atoms with Crippen LogP contribution in [0, 0.1) is 0 Å². The van der Waals surface area contributed by atoms with Crippen molar-refractivity contribution in [3.8, 4) is 0 Å². The Morgan fingerprint density at radius 1 is 1.29 bits per heavy atom. The smallest absolute Gasteiger partial charge is 0.238 e. The van der Waals surface area contributed by atoms with Crippen LogP contribution in [-0.2, 0) is 4.79 Å². The Morgan fingerprint density at radius 3 is 2.79 bits per heavy atom. The number of thiophene rings is 1. The Morgan fingerprint density at radius 2 is 2.08 bits per heavy atom. The molecule has 1 aromatic carbocycles. The van der Waals surface area contributed by atoms with E-state index >= 15 is 0 Å². The van der Waals surface area contributed by atoms with E-state index in [0.29, 0.717) is 6.54 Å². The quantitative estimate of drug-likeness (QED) is 0.753. The number of hydrogen-bond acceptors (Lipinski definition) is 5. The van der Waals surface area contributed by atoms with Gasteiger partial charge in [-0.1, -0.05) is 24.3 Å². The molecule has 6 heteroatoms. The number of hydrogen-bond donors (Lipinski definition) is 3. The van der Waals surface area contributed by atoms with Crippen LogP contribution in [0.5, 0.6) is 0 Å². The molecule has 2 aromatic rings. The molecule has 128 valence electrons. The SMILES string of the molecule is CC(CNC(=O)C1CC(c2cccs2)NN1)N(C)c1ccccc1. The number of likely N-dealkylation sites (N-methyl/N-ethyl adjacent to an activating group) is 1. The number of nitrogens with zero attached hydrogens (tertiary/aromatic N) is 1. The van der Waals surface area contributed by atoms with Gasteiger partial charge in [-0.25, -0.2) is 10.9 Å². The van der Waals surface area contributed by atoms with E-state index in [-0.39, 0.29) is 24.0 Å². The van der Waals surface area contributed by atoms with E-state index < -0.39 is 0 Å². The van der Waals surface area contributed by atoms with Gasteiger partial charge >= 0.3 is 0 Å². The van der Waals surface area contributed by atoms with Crippen LogP contribution in [-0.4, -0.2) is 31.6 Å². The topological polar surface area (TPSA) is 56.4 Å². The van der Waals surface area contributed by atoms with Crippen molar-refractivity contribution in [2.24, 2.45) is 0 Å². The molecule has 0 aliphatic carbocycles. The third kappa shape index (κ3) is 3.95. The Bertz CT molecular complexity index is 646. The Hall–Kier alpha value is -1.89. The van der Waals surface area contributed by atoms with Crippen molar-refractivity contribution < 1.29 is 4.79 Å². The summed E-state index contributed by atoms with van der Waals surface area (Å²) in [4.78, 5) is 15.8. The molecule has 1 aliphatic rings. The highest BCUT2D eigenvalue weighted by atomic mass is 32.1. The van der Waals surface area contributed by atoms with Crippen molar-refractivity contribution in [2.75, 3.05) is 18.5 Å². The van der Waals surface area contributed by atoms with Gasteiger partial charge in [-0.15, -0.1) is 11.3 Å². The minimum atomic E-state index is -0.189. The summed E-state index contributed by atoms with van der Waals surface area (Å²) in [6.07, 6.45) is 0.773. The zero-order valence-electron chi connectivity index (χ0n) is 14.0. The maximum absolute atomic E-state index is 12.4. The fourth-order valence-electron chi connectivity index (χ4n) is 2.83. The standard InChI is InChI=1S/C18H24N4OS/c1-13(22(2)14-7-4-3-5-8-14)12-19-18(23)16-11-15(20-21-16)17-9-6-10-24-17/h3-10,13,15-16,20-21H,11-12H2,1-2H3,(H,19,23). The predicted molar refractivity (Wildman–Crippen MR) is 99.1 cm³/mol. The molecule has 3 N–H and O–H groups in total. The summed E-state index contributed by atoms with van der Waals surface area (Å²) < 4.78 is 0. The summed E-state index contributed by atoms with van der Waals surface area (Å²) in [6, 6.07) is 14.6. The molecular formula is C18H24N4OS. The van der Waals surface area contributed by atoms with Crippen molar-refractivity contribution in [3.05, 3.63) is 52.7 Å². The molecule has 1 aliphatic heterocycles. The Kier molecular flexibility index (Phi) is 5.50. The lowest BCUT2D eigenvalue weighted by molar-refractivity contribution is -0.122. The minimum absolute atomic E-state index is 0.0508. The normalized spacial score (nSPS) is 21.4. The number of amides is 1. The van der Waals surface area contributed by atoms with E-state index in [0.717, 1.165) is 12.1 Å². The van der Waals surface area contributed by atoms with Crippen molar-refractivity contribution >= 4 is 22.9 Å². The maximum atomic E-state index is 12.4. The first-order valence-corrected chi connectivity index (χ1v) is 9.13. The highest BCUT2D eigenvalue weighted by molar-refractivity contribution is 7.10. The molecule has 0 saturated carbocycles. The van der Waals surface area contributed by atoms with Gasteiger partial charge in [0.2, 0.25) is 5.91 Å². The van der Waals surface area contributed by atoms with E-state index in [1.165, 1.54) is 4.88 Å². The van der Waals surface area contributed by atoms with Crippen molar-refractivity contribution in [1.82, 2.24) is 16.2 Å². The summed E-state index contributed by atoms with van der Waals surface area (Å²) in [5.74, 6) is 0.0508. The summed E-state index contributed by atoms with van der Waals surface area (Å²) in [7, 11) is 2.05. The van der Waals surface area contributed by atoms with Gasteiger partial charge in [0, 0.05) is 30.2 Å². The van der Waals surface area contributed by atoms with Crippen LogP contribution in [0.3, 0.4) is 0 Å². The minimum Gasteiger partial charge on any atom is -0.370 e. The average molecular weight is 344 g/mol. The molecule has 3 unspecified atom stereocenters. The lowest BCUT2D eigenvalue weighted by Crippen LogP contribution is -2.47. The lowest BCUT2D eigenvalue weighted by atomic mass is 10.1. The van der Waals surface area contributed by atoms with Crippen molar-refractivity contribution in [1.29, 1.82) is 0 Å². The number of anilines is 1. The lowest BCUT2D eigenvalue weighted by Gasteiger charge is -2.27. The van der Waals surface area contributed by atoms with Gasteiger partial charge in [0.05, 0.1) is 6.04 Å². The highest BCUT2D eigenvalue weighted by Gasteiger charge is 2.30. The first-order chi connectivity index (χ1) is 11.6. The van der Waals surface area contributed by atoms with E-state index in [2.05, 4.69) is 51.6 Å². The first-order valence-electron chi connectivity index (χ1n) is 8.25. The van der Waals surface area contributed by atoms with Gasteiger partial charge in [0.15, 0.2) is 0 Å². The number of carbonyl (C=O) groups is 1. The van der Waals surface area contributed by atoms with Gasteiger partial charge in [0.25, 0.3) is 0 Å². The zero-order chi connectivity index (χ0) is 16.9. The number of hydrazine groups is 1. The fraction of sp³-hybridized carbons (Fsp3) is 0.389. The number of benzene rings is 1. The molecule has 1 fully saturated rings. The third-order valence-electron chi connectivity index (χ3n) is 4.50. The van der Waals surface area contributed by atoms with Crippen LogP contribution in [0.15, 0.2) is 47.8 Å². The van der Waals surface area contributed by atoms with E-state index in [1.54, 1.807) is 11.3 Å². The largest absolute Gasteiger partial charge is 0.370 e. The molecule has 1 aromatic heterocycles. The van der Waals surface area contributed by atoms with E-state index in [4.69, 9.17) is 0 Å². The van der Waals surface area contributed by atoms with Gasteiger partial charge < -0.3 is 10.2 Å². The molecule has 0 radical (unpaired) electrons. The zero-order valence-corrected chi connectivity index (χ0v) is 14.8. The summed E-state index contributed by atoms with van der Waals surface area (Å²) in [6.45, 7) is 2.73. The molecule has 24 heavy (non-hydrogen) atoms. The van der Waals surface area contributed by atoms with Gasteiger partial charge in [-0.3, -0.25) is 4.79 Å². The second-order valence-corrected chi connectivity index (χ2v) is 7.16. The molecule has 0 bridgehead atoms. The molecule has 1 amide bonds. The van der Waals surface area contributed by atoms with Crippen LogP contribution >= 0.6 is 11.3 Å². The van der Waals surface area contributed by atoms with Crippen molar-refractivity contribution in [3.63, 3.8) is 0 Å². The van der Waals surface area contributed by atoms with E-state index in [9.17, 15) is 4.79 Å². The fourth-order valence-corrected chi connectivity index (χ4v) is 3.62. The number of nitrogens with one attached hydrogen (secondary N) is 3. The van der Waals surface area contributed by atoms with Crippen LogP contribution in [0.4, 0.5) is 5.69 Å². The maximum Gasteiger partial charge on any atom is 0.238 e. The Balaban J connectivity index is 1.47. The highest BCUT2D eigenvalue weighted by Crippen LogP contribution is 2.25. The van der Waals surface area contributed by atoms with Crippen molar-refractivity contribution in [2.45, 2.75) is 31.5 Å². The second kappa shape index (κ2) is 7.79. The van der Waals surface area contributed by atoms with Gasteiger partial charge in [0.1, 0.15) is 6.04 Å². The summed E-state index contributed by atoms with van der Waals surface area (Å²) >= 11 is 1.71. The molecule has 3 rings (SSSR count). The van der Waals surface area contributed by atoms with Crippen LogP contribution in [0.1, 0.15) is 24.3 Å². The van der Waals surface area contributed by atoms with Gasteiger partial charge in [-0.2, -0.15) is 0 Å². The number of para-hydroxylation sites is 1. The molecule has 2 heterocycles. The van der Waals surface area contributed by atoms with Gasteiger partial charge in [-0.05, 0) is 36.9 Å². The number of rotatable bonds is 6. The van der Waals surface area contributed by atoms with Crippen LogP contribution < -0.4 is 21.1 Å². The third-order valence-corrected chi connectivity index (χ3v) is 5.49. The molecule has 5 nitrogen and oxygen atoms in total. The molecule has 3 atom stereocenters. The molecule has 0 spiro atoms. The monoisotopic (exact) mass is 344 g/mol. The Labute approximate surface area is 147 Å². The number of carbonyl (C=O) groups excluding carboxylic acids is 1. The van der Waals surface area contributed by atoms with Crippen LogP contribution in [0.25, 0.3) is 0 Å². The summed E-state index contributed by atoms with van der Waals surface area (Å²) in [5.41, 5.74) is 7.48.